The Morgan fingerprint density at radius 2 is 1.60 bits per heavy atom. The van der Waals surface area contributed by atoms with Crippen LogP contribution in [-0.4, -0.2) is 77.1 Å². The fourth-order valence-corrected chi connectivity index (χ4v) is 2.08. The molecular weight excluding hydrogens is 356 g/mol. The van der Waals surface area contributed by atoms with E-state index in [9.17, 15) is 24.0 Å². The standard InChI is InChI=1S/C13H22N4O7S/c1-25-3-2-7(14)12(23)15-5-9(18)17-8(4-10(19)20)13(24)16-6-11(21)22/h7-8H,2-6,14H2,1H3,(H,15,23)(H,16,24)(H,17,18)(H,19,20)(H,21,22). The highest BCUT2D eigenvalue weighted by atomic mass is 32.2. The Morgan fingerprint density at radius 3 is 2.12 bits per heavy atom. The molecule has 0 aliphatic heterocycles. The maximum Gasteiger partial charge on any atom is 0.322 e. The smallest absolute Gasteiger partial charge is 0.322 e. The van der Waals surface area contributed by atoms with Crippen molar-refractivity contribution in [1.82, 2.24) is 16.0 Å². The van der Waals surface area contributed by atoms with Crippen LogP contribution in [0.2, 0.25) is 0 Å². The zero-order valence-corrected chi connectivity index (χ0v) is 14.4. The first-order valence-electron chi connectivity index (χ1n) is 7.20. The molecule has 12 heteroatoms. The summed E-state index contributed by atoms with van der Waals surface area (Å²) < 4.78 is 0. The third kappa shape index (κ3) is 10.9. The van der Waals surface area contributed by atoms with Gasteiger partial charge in [0.1, 0.15) is 12.6 Å². The van der Waals surface area contributed by atoms with Crippen LogP contribution in [0.4, 0.5) is 0 Å². The number of hydrogen-bond donors (Lipinski definition) is 6. The number of carboxylic acids is 2. The molecule has 0 heterocycles. The molecule has 7 N–H and O–H groups in total. The van der Waals surface area contributed by atoms with Crippen molar-refractivity contribution in [3.8, 4) is 0 Å². The summed E-state index contributed by atoms with van der Waals surface area (Å²) in [5.74, 6) is -4.32. The number of nitrogens with two attached hydrogens (primary N) is 1. The van der Waals surface area contributed by atoms with Gasteiger partial charge >= 0.3 is 11.9 Å². The normalized spacial score (nSPS) is 12.6. The van der Waals surface area contributed by atoms with Crippen molar-refractivity contribution in [2.24, 2.45) is 5.73 Å². The van der Waals surface area contributed by atoms with Crippen molar-refractivity contribution in [2.45, 2.75) is 24.9 Å². The molecule has 2 atom stereocenters. The Hall–Kier alpha value is -2.34. The Bertz CT molecular complexity index is 515. The molecule has 25 heavy (non-hydrogen) atoms. The molecular formula is C13H22N4O7S. The topological polar surface area (TPSA) is 188 Å². The number of carbonyl (C=O) groups is 5. The first kappa shape index (κ1) is 22.7. The quantitative estimate of drug-likeness (QED) is 0.211. The van der Waals surface area contributed by atoms with Gasteiger partial charge in [-0.2, -0.15) is 11.8 Å². The molecule has 0 spiro atoms. The monoisotopic (exact) mass is 378 g/mol. The van der Waals surface area contributed by atoms with Crippen LogP contribution in [0.5, 0.6) is 0 Å². The molecule has 3 amide bonds. The molecule has 11 nitrogen and oxygen atoms in total. The number of thioether (sulfide) groups is 1. The fourth-order valence-electron chi connectivity index (χ4n) is 1.59. The number of aliphatic carboxylic acids is 2. The van der Waals surface area contributed by atoms with Gasteiger partial charge in [-0.1, -0.05) is 0 Å². The summed E-state index contributed by atoms with van der Waals surface area (Å²) in [6.45, 7) is -1.21. The molecule has 0 aromatic heterocycles. The van der Waals surface area contributed by atoms with E-state index in [0.29, 0.717) is 12.2 Å². The van der Waals surface area contributed by atoms with Crippen LogP contribution >= 0.6 is 11.8 Å². The highest BCUT2D eigenvalue weighted by Crippen LogP contribution is 1.98. The van der Waals surface area contributed by atoms with Crippen LogP contribution in [0.1, 0.15) is 12.8 Å². The maximum atomic E-state index is 11.8. The number of hydrogen-bond acceptors (Lipinski definition) is 7. The minimum absolute atomic E-state index is 0.424. The molecule has 2 unspecified atom stereocenters. The maximum absolute atomic E-state index is 11.8. The van der Waals surface area contributed by atoms with Crippen LogP contribution in [0.3, 0.4) is 0 Å². The van der Waals surface area contributed by atoms with Crippen molar-refractivity contribution >= 4 is 41.4 Å². The lowest BCUT2D eigenvalue weighted by atomic mass is 10.2. The van der Waals surface area contributed by atoms with Gasteiger partial charge < -0.3 is 31.9 Å². The lowest BCUT2D eigenvalue weighted by Gasteiger charge is -2.17. The lowest BCUT2D eigenvalue weighted by Crippen LogP contribution is -2.52. The summed E-state index contributed by atoms with van der Waals surface area (Å²) in [7, 11) is 0. The van der Waals surface area contributed by atoms with E-state index < -0.39 is 61.3 Å². The summed E-state index contributed by atoms with van der Waals surface area (Å²) >= 11 is 1.51. The molecule has 0 aromatic carbocycles. The van der Waals surface area contributed by atoms with Crippen molar-refractivity contribution in [3.63, 3.8) is 0 Å². The molecule has 0 aliphatic rings. The molecule has 0 aliphatic carbocycles. The summed E-state index contributed by atoms with van der Waals surface area (Å²) in [4.78, 5) is 56.3. The Kier molecular flexibility index (Phi) is 11.0. The highest BCUT2D eigenvalue weighted by molar-refractivity contribution is 7.98. The second-order valence-electron chi connectivity index (χ2n) is 4.94. The molecule has 0 fully saturated rings. The number of rotatable bonds is 12. The van der Waals surface area contributed by atoms with Gasteiger partial charge in [0.05, 0.1) is 19.0 Å². The van der Waals surface area contributed by atoms with Gasteiger partial charge in [0.2, 0.25) is 17.7 Å². The number of amides is 3. The fraction of sp³-hybridized carbons (Fsp3) is 0.615. The van der Waals surface area contributed by atoms with E-state index in [2.05, 4.69) is 10.6 Å². The molecule has 0 radical (unpaired) electrons. The van der Waals surface area contributed by atoms with E-state index in [4.69, 9.17) is 15.9 Å². The van der Waals surface area contributed by atoms with E-state index in [1.54, 1.807) is 0 Å². The second kappa shape index (κ2) is 12.1. The average molecular weight is 378 g/mol. The SMILES string of the molecule is CSCCC(N)C(=O)NCC(=O)NC(CC(=O)O)C(=O)NCC(=O)O. The van der Waals surface area contributed by atoms with Crippen LogP contribution < -0.4 is 21.7 Å². The van der Waals surface area contributed by atoms with Gasteiger partial charge in [0.15, 0.2) is 0 Å². The predicted octanol–water partition coefficient (Wildman–Crippen LogP) is -2.66. The Labute approximate surface area is 148 Å². The van der Waals surface area contributed by atoms with Gasteiger partial charge in [-0.05, 0) is 18.4 Å². The largest absolute Gasteiger partial charge is 0.481 e. The van der Waals surface area contributed by atoms with Gasteiger partial charge in [-0.15, -0.1) is 0 Å². The predicted molar refractivity (Wildman–Crippen MR) is 88.8 cm³/mol. The molecule has 0 bridgehead atoms. The van der Waals surface area contributed by atoms with Gasteiger partial charge in [-0.3, -0.25) is 24.0 Å². The zero-order chi connectivity index (χ0) is 19.4. The van der Waals surface area contributed by atoms with E-state index in [0.717, 1.165) is 0 Å². The van der Waals surface area contributed by atoms with Crippen molar-refractivity contribution in [2.75, 3.05) is 25.1 Å². The van der Waals surface area contributed by atoms with E-state index in [-0.39, 0.29) is 0 Å². The van der Waals surface area contributed by atoms with Crippen molar-refractivity contribution in [1.29, 1.82) is 0 Å². The Morgan fingerprint density at radius 1 is 1.00 bits per heavy atom. The van der Waals surface area contributed by atoms with E-state index in [1.165, 1.54) is 11.8 Å². The first-order valence-corrected chi connectivity index (χ1v) is 8.59. The van der Waals surface area contributed by atoms with E-state index >= 15 is 0 Å². The van der Waals surface area contributed by atoms with Crippen molar-refractivity contribution < 1.29 is 34.2 Å². The zero-order valence-electron chi connectivity index (χ0n) is 13.6. The molecule has 142 valence electrons. The first-order chi connectivity index (χ1) is 11.7. The highest BCUT2D eigenvalue weighted by Gasteiger charge is 2.24. The summed E-state index contributed by atoms with van der Waals surface area (Å²) in [5, 5.41) is 23.6. The van der Waals surface area contributed by atoms with Crippen LogP contribution in [-0.2, 0) is 24.0 Å². The molecule has 0 aromatic rings. The number of nitrogens with one attached hydrogen (secondary N) is 3. The minimum Gasteiger partial charge on any atom is -0.481 e. The van der Waals surface area contributed by atoms with Gasteiger partial charge in [0, 0.05) is 0 Å². The third-order valence-electron chi connectivity index (χ3n) is 2.84. The van der Waals surface area contributed by atoms with Crippen LogP contribution in [0.25, 0.3) is 0 Å². The summed E-state index contributed by atoms with van der Waals surface area (Å²) in [6, 6.07) is -2.25. The van der Waals surface area contributed by atoms with Gasteiger partial charge in [-0.25, -0.2) is 0 Å². The third-order valence-corrected chi connectivity index (χ3v) is 3.48. The molecule has 0 saturated heterocycles. The second-order valence-corrected chi connectivity index (χ2v) is 5.92. The average Bonchev–Trinajstić information content (AvgIpc) is 2.54. The van der Waals surface area contributed by atoms with Crippen molar-refractivity contribution in [3.05, 3.63) is 0 Å². The van der Waals surface area contributed by atoms with E-state index in [1.807, 2.05) is 11.6 Å². The molecule has 0 rings (SSSR count). The van der Waals surface area contributed by atoms with Crippen LogP contribution in [0, 0.1) is 0 Å². The number of carboxylic acid groups (broad SMARTS) is 2. The van der Waals surface area contributed by atoms with Crippen LogP contribution in [0.15, 0.2) is 0 Å². The van der Waals surface area contributed by atoms with Gasteiger partial charge in [0.25, 0.3) is 0 Å². The summed E-state index contributed by atoms with van der Waals surface area (Å²) in [5.41, 5.74) is 5.62. The lowest BCUT2D eigenvalue weighted by molar-refractivity contribution is -0.141. The Balaban J connectivity index is 4.50. The summed E-state index contributed by atoms with van der Waals surface area (Å²) in [6.07, 6.45) is 1.54. The number of carbonyl (C=O) groups excluding carboxylic acids is 3. The minimum atomic E-state index is -1.47. The molecule has 0 saturated carbocycles.